The summed E-state index contributed by atoms with van der Waals surface area (Å²) >= 11 is 0. The Balaban J connectivity index is 2.78. The Labute approximate surface area is 103 Å². The summed E-state index contributed by atoms with van der Waals surface area (Å²) in [6, 6.07) is 1.49. The molecule has 8 heteroatoms. The zero-order chi connectivity index (χ0) is 13.6. The third-order valence-corrected chi connectivity index (χ3v) is 2.06. The number of aromatic nitrogens is 2. The van der Waals surface area contributed by atoms with Gasteiger partial charge in [0.15, 0.2) is 5.82 Å². The Morgan fingerprint density at radius 2 is 2.06 bits per heavy atom. The third-order valence-electron chi connectivity index (χ3n) is 2.06. The highest BCUT2D eigenvalue weighted by Gasteiger charge is 2.27. The molecule has 1 heterocycles. The molecule has 0 amide bonds. The van der Waals surface area contributed by atoms with E-state index < -0.39 is 19.1 Å². The summed E-state index contributed by atoms with van der Waals surface area (Å²) in [6.45, 7) is -1.73. The molecule has 1 aromatic rings. The average Bonchev–Trinajstić information content (AvgIpc) is 2.37. The molecule has 0 aromatic carbocycles. The highest BCUT2D eigenvalue weighted by Crippen LogP contribution is 2.16. The topological polar surface area (TPSA) is 79.3 Å². The molecule has 1 aromatic heterocycles. The normalized spacial score (nSPS) is 11.4. The quantitative estimate of drug-likeness (QED) is 0.671. The number of anilines is 2. The van der Waals surface area contributed by atoms with Crippen molar-refractivity contribution >= 4 is 11.6 Å². The fourth-order valence-corrected chi connectivity index (χ4v) is 1.19. The largest absolute Gasteiger partial charge is 0.390 e. The maximum absolute atomic E-state index is 12.9. The minimum absolute atomic E-state index is 0.181. The van der Waals surface area contributed by atoms with E-state index in [0.29, 0.717) is 11.6 Å². The van der Waals surface area contributed by atoms with Gasteiger partial charge in [-0.15, -0.1) is 0 Å². The van der Waals surface area contributed by atoms with Crippen molar-refractivity contribution in [2.45, 2.75) is 12.5 Å². The summed E-state index contributed by atoms with van der Waals surface area (Å²) < 4.78 is 30.6. The first kappa shape index (κ1) is 14.5. The van der Waals surface area contributed by atoms with E-state index in [0.717, 1.165) is 0 Å². The van der Waals surface area contributed by atoms with Crippen molar-refractivity contribution in [2.75, 3.05) is 37.9 Å². The number of methoxy groups -OCH3 is 1. The highest BCUT2D eigenvalue weighted by molar-refractivity contribution is 5.47. The molecular weight excluding hydrogens is 246 g/mol. The molecule has 0 atom stereocenters. The fraction of sp³-hybridized carbons (Fsp3) is 0.600. The van der Waals surface area contributed by atoms with Gasteiger partial charge in [-0.1, -0.05) is 0 Å². The molecule has 0 aliphatic heterocycles. The second-order valence-electron chi connectivity index (χ2n) is 3.61. The molecule has 0 spiro atoms. The molecule has 18 heavy (non-hydrogen) atoms. The van der Waals surface area contributed by atoms with E-state index in [2.05, 4.69) is 20.6 Å². The van der Waals surface area contributed by atoms with Crippen LogP contribution in [-0.4, -0.2) is 48.3 Å². The van der Waals surface area contributed by atoms with Crippen LogP contribution in [0.4, 0.5) is 20.4 Å². The van der Waals surface area contributed by atoms with Crippen molar-refractivity contribution in [1.29, 1.82) is 0 Å². The van der Waals surface area contributed by atoms with Gasteiger partial charge in [-0.25, -0.2) is 18.7 Å². The lowest BCUT2D eigenvalue weighted by atomic mass is 10.3. The van der Waals surface area contributed by atoms with E-state index in [1.165, 1.54) is 13.2 Å². The minimum atomic E-state index is -3.19. The predicted molar refractivity (Wildman–Crippen MR) is 62.8 cm³/mol. The predicted octanol–water partition coefficient (Wildman–Crippen LogP) is 0.704. The number of nitrogens with zero attached hydrogens (tertiary/aromatic N) is 2. The lowest BCUT2D eigenvalue weighted by Gasteiger charge is -2.15. The van der Waals surface area contributed by atoms with Crippen molar-refractivity contribution in [3.05, 3.63) is 11.9 Å². The van der Waals surface area contributed by atoms with Crippen LogP contribution in [0, 0.1) is 0 Å². The van der Waals surface area contributed by atoms with Crippen LogP contribution in [0.1, 0.15) is 5.82 Å². The van der Waals surface area contributed by atoms with Crippen LogP contribution < -0.4 is 10.6 Å². The van der Waals surface area contributed by atoms with E-state index in [1.54, 1.807) is 7.05 Å². The number of rotatable bonds is 7. The number of aliphatic hydroxyl groups is 1. The molecule has 102 valence electrons. The monoisotopic (exact) mass is 262 g/mol. The first-order valence-electron chi connectivity index (χ1n) is 5.28. The molecule has 0 aliphatic rings. The Bertz CT molecular complexity index is 390. The van der Waals surface area contributed by atoms with Crippen LogP contribution in [0.15, 0.2) is 6.07 Å². The lowest BCUT2D eigenvalue weighted by Crippen LogP contribution is -2.31. The van der Waals surface area contributed by atoms with E-state index >= 15 is 0 Å². The Hall–Kier alpha value is -1.54. The number of halogens is 2. The van der Waals surface area contributed by atoms with Gasteiger partial charge >= 0.3 is 0 Å². The van der Waals surface area contributed by atoms with Crippen LogP contribution in [-0.2, 0) is 11.3 Å². The van der Waals surface area contributed by atoms with Crippen molar-refractivity contribution in [3.63, 3.8) is 0 Å². The molecule has 0 bridgehead atoms. The Kier molecular flexibility index (Phi) is 5.17. The van der Waals surface area contributed by atoms with Crippen LogP contribution in [0.2, 0.25) is 0 Å². The van der Waals surface area contributed by atoms with Crippen LogP contribution in [0.25, 0.3) is 0 Å². The minimum Gasteiger partial charge on any atom is -0.390 e. The highest BCUT2D eigenvalue weighted by atomic mass is 19.3. The maximum Gasteiger partial charge on any atom is 0.287 e. The van der Waals surface area contributed by atoms with E-state index in [-0.39, 0.29) is 12.4 Å². The first-order chi connectivity index (χ1) is 8.50. The molecule has 0 saturated heterocycles. The molecule has 0 unspecified atom stereocenters. The molecule has 3 N–H and O–H groups in total. The van der Waals surface area contributed by atoms with Gasteiger partial charge in [0.2, 0.25) is 0 Å². The van der Waals surface area contributed by atoms with Crippen molar-refractivity contribution in [3.8, 4) is 0 Å². The van der Waals surface area contributed by atoms with Crippen LogP contribution in [0.5, 0.6) is 0 Å². The van der Waals surface area contributed by atoms with Gasteiger partial charge in [-0.2, -0.15) is 0 Å². The van der Waals surface area contributed by atoms with Gasteiger partial charge in [-0.3, -0.25) is 0 Å². The number of hydrogen-bond acceptors (Lipinski definition) is 6. The maximum atomic E-state index is 12.9. The van der Waals surface area contributed by atoms with Crippen LogP contribution >= 0.6 is 0 Å². The summed E-state index contributed by atoms with van der Waals surface area (Å²) in [4.78, 5) is 8.09. The standard InChI is InChI=1S/C10H16F2N4O2/c1-13-7-3-8(14-5-10(11,12)6-17)16-9(15-7)4-18-2/h3,17H,4-6H2,1-2H3,(H2,13,14,15,16). The molecule has 1 rings (SSSR count). The number of nitrogens with one attached hydrogen (secondary N) is 2. The Morgan fingerprint density at radius 3 is 2.61 bits per heavy atom. The number of alkyl halides is 2. The van der Waals surface area contributed by atoms with Crippen molar-refractivity contribution in [2.24, 2.45) is 0 Å². The molecule has 0 aliphatic carbocycles. The zero-order valence-electron chi connectivity index (χ0n) is 10.2. The van der Waals surface area contributed by atoms with E-state index in [4.69, 9.17) is 9.84 Å². The molecule has 0 radical (unpaired) electrons. The van der Waals surface area contributed by atoms with Gasteiger partial charge < -0.3 is 20.5 Å². The zero-order valence-corrected chi connectivity index (χ0v) is 10.2. The number of ether oxygens (including phenoxy) is 1. The Morgan fingerprint density at radius 1 is 1.39 bits per heavy atom. The van der Waals surface area contributed by atoms with Gasteiger partial charge in [0.25, 0.3) is 5.92 Å². The summed E-state index contributed by atoms with van der Waals surface area (Å²) in [5.74, 6) is -2.08. The van der Waals surface area contributed by atoms with Gasteiger partial charge in [-0.05, 0) is 0 Å². The first-order valence-corrected chi connectivity index (χ1v) is 5.28. The smallest absolute Gasteiger partial charge is 0.287 e. The van der Waals surface area contributed by atoms with E-state index in [1.807, 2.05) is 0 Å². The van der Waals surface area contributed by atoms with Crippen LogP contribution in [0.3, 0.4) is 0 Å². The van der Waals surface area contributed by atoms with E-state index in [9.17, 15) is 8.78 Å². The molecule has 0 saturated carbocycles. The third kappa shape index (κ3) is 4.38. The summed E-state index contributed by atoms with van der Waals surface area (Å²) in [6.07, 6.45) is 0. The van der Waals surface area contributed by atoms with Crippen molar-refractivity contribution in [1.82, 2.24) is 9.97 Å². The number of hydrogen-bond donors (Lipinski definition) is 3. The second kappa shape index (κ2) is 6.41. The summed E-state index contributed by atoms with van der Waals surface area (Å²) in [5, 5.41) is 13.7. The molecule has 6 nitrogen and oxygen atoms in total. The molecular formula is C10H16F2N4O2. The van der Waals surface area contributed by atoms with Crippen molar-refractivity contribution < 1.29 is 18.6 Å². The average molecular weight is 262 g/mol. The number of aliphatic hydroxyl groups excluding tert-OH is 1. The SMILES string of the molecule is CNc1cc(NCC(F)(F)CO)nc(COC)n1. The second-order valence-corrected chi connectivity index (χ2v) is 3.61. The summed E-state index contributed by atoms with van der Waals surface area (Å²) in [7, 11) is 3.15. The fourth-order valence-electron chi connectivity index (χ4n) is 1.19. The molecule has 0 fully saturated rings. The van der Waals surface area contributed by atoms with Gasteiger partial charge in [0.1, 0.15) is 24.8 Å². The summed E-state index contributed by atoms with van der Waals surface area (Å²) in [5.41, 5.74) is 0. The lowest BCUT2D eigenvalue weighted by molar-refractivity contribution is -0.0373. The van der Waals surface area contributed by atoms with Gasteiger partial charge in [0, 0.05) is 20.2 Å². The van der Waals surface area contributed by atoms with Gasteiger partial charge in [0.05, 0.1) is 6.54 Å².